The first-order chi connectivity index (χ1) is 21.6. The van der Waals surface area contributed by atoms with Crippen LogP contribution in [-0.2, 0) is 0 Å². The van der Waals surface area contributed by atoms with Crippen molar-refractivity contribution in [1.29, 1.82) is 0 Å². The lowest BCUT2D eigenvalue weighted by atomic mass is 9.91. The first kappa shape index (κ1) is 28.5. The molecule has 6 aromatic carbocycles. The zero-order valence-electron chi connectivity index (χ0n) is 24.6. The smallest absolute Gasteiger partial charge is 0.166 e. The average Bonchev–Trinajstić information content (AvgIpc) is 3.05. The minimum Gasteiger partial charge on any atom is -0.504 e. The first-order valence-electron chi connectivity index (χ1n) is 14.6. The Kier molecular flexibility index (Phi) is 8.23. The van der Waals surface area contributed by atoms with Crippen molar-refractivity contribution in [1.82, 2.24) is 0 Å². The fourth-order valence-corrected chi connectivity index (χ4v) is 5.37. The fourth-order valence-electron chi connectivity index (χ4n) is 5.37. The highest BCUT2D eigenvalue weighted by atomic mass is 16.5. The maximum absolute atomic E-state index is 10.8. The Morgan fingerprint density at radius 1 is 0.523 bits per heavy atom. The van der Waals surface area contributed by atoms with E-state index in [4.69, 9.17) is 19.5 Å². The number of aromatic hydroxyl groups is 2. The summed E-state index contributed by atoms with van der Waals surface area (Å²) >= 11 is 0. The minimum absolute atomic E-state index is 0.0463. The van der Waals surface area contributed by atoms with Crippen molar-refractivity contribution in [3.8, 4) is 34.1 Å². The number of fused-ring (bicyclic) bond motifs is 2. The van der Waals surface area contributed by atoms with Gasteiger partial charge in [-0.25, -0.2) is 0 Å². The molecule has 0 fully saturated rings. The van der Waals surface area contributed by atoms with Gasteiger partial charge in [0, 0.05) is 34.7 Å². The van der Waals surface area contributed by atoms with Crippen molar-refractivity contribution in [3.05, 3.63) is 120 Å². The van der Waals surface area contributed by atoms with E-state index in [-0.39, 0.29) is 11.5 Å². The minimum atomic E-state index is 0.0463. The summed E-state index contributed by atoms with van der Waals surface area (Å²) in [6, 6.07) is 35.2. The topological polar surface area (TPSA) is 83.6 Å². The predicted molar refractivity (Wildman–Crippen MR) is 180 cm³/mol. The molecular weight excluding hydrogens is 548 g/mol. The maximum Gasteiger partial charge on any atom is 0.166 e. The monoisotopic (exact) mass is 580 g/mol. The maximum atomic E-state index is 10.8. The lowest BCUT2D eigenvalue weighted by Crippen LogP contribution is -1.94. The van der Waals surface area contributed by atoms with Gasteiger partial charge in [-0.05, 0) is 71.8 Å². The zero-order chi connectivity index (χ0) is 30.5. The molecule has 0 radical (unpaired) electrons. The molecular formula is C38H32N2O4. The number of ether oxygens (including phenoxy) is 2. The molecule has 6 rings (SSSR count). The van der Waals surface area contributed by atoms with Gasteiger partial charge < -0.3 is 19.7 Å². The van der Waals surface area contributed by atoms with Gasteiger partial charge in [-0.3, -0.25) is 9.98 Å². The van der Waals surface area contributed by atoms with Gasteiger partial charge in [-0.15, -0.1) is 0 Å². The van der Waals surface area contributed by atoms with Crippen LogP contribution in [0.1, 0.15) is 25.0 Å². The zero-order valence-corrected chi connectivity index (χ0v) is 24.6. The highest BCUT2D eigenvalue weighted by Crippen LogP contribution is 2.46. The molecule has 44 heavy (non-hydrogen) atoms. The number of aliphatic imine (C=N–C) groups is 2. The molecule has 0 saturated carbocycles. The van der Waals surface area contributed by atoms with Gasteiger partial charge in [0.2, 0.25) is 0 Å². The van der Waals surface area contributed by atoms with Crippen LogP contribution < -0.4 is 9.47 Å². The van der Waals surface area contributed by atoms with Crippen molar-refractivity contribution in [2.45, 2.75) is 13.8 Å². The Balaban J connectivity index is 1.57. The number of phenols is 2. The summed E-state index contributed by atoms with van der Waals surface area (Å²) < 4.78 is 11.2. The molecule has 0 aliphatic heterocycles. The summed E-state index contributed by atoms with van der Waals surface area (Å²) in [5.74, 6) is 0.921. The Morgan fingerprint density at radius 3 is 1.39 bits per heavy atom. The van der Waals surface area contributed by atoms with Crippen molar-refractivity contribution < 1.29 is 19.7 Å². The van der Waals surface area contributed by atoms with Gasteiger partial charge in [0.1, 0.15) is 0 Å². The predicted octanol–water partition coefficient (Wildman–Crippen LogP) is 9.37. The number of rotatable bonds is 9. The van der Waals surface area contributed by atoms with E-state index in [2.05, 4.69) is 24.3 Å². The number of hydrogen-bond donors (Lipinski definition) is 2. The van der Waals surface area contributed by atoms with Gasteiger partial charge in [0.25, 0.3) is 0 Å². The van der Waals surface area contributed by atoms with E-state index in [0.717, 1.165) is 44.0 Å². The van der Waals surface area contributed by atoms with E-state index in [1.165, 1.54) is 0 Å². The molecule has 0 spiro atoms. The van der Waals surface area contributed by atoms with Crippen molar-refractivity contribution in [2.75, 3.05) is 13.2 Å². The van der Waals surface area contributed by atoms with E-state index in [1.807, 2.05) is 74.5 Å². The molecule has 0 saturated heterocycles. The molecule has 6 heteroatoms. The standard InChI is InChI=1S/C38H32N2O4/c1-3-43-33-17-9-13-27(37(33)41)23-39-31-21-19-25-11-5-7-15-29(25)35(31)36-30-16-8-6-12-26(30)20-22-32(36)40-24-28-14-10-18-34(38(28)42)44-4-2/h5-24,41-42H,3-4H2,1-2H3. The second-order valence-corrected chi connectivity index (χ2v) is 10.1. The Hall–Kier alpha value is -5.62. The van der Waals surface area contributed by atoms with Crippen LogP contribution in [0.2, 0.25) is 0 Å². The molecule has 218 valence electrons. The van der Waals surface area contributed by atoms with Gasteiger partial charge in [0.15, 0.2) is 23.0 Å². The van der Waals surface area contributed by atoms with Crippen LogP contribution in [0.5, 0.6) is 23.0 Å². The van der Waals surface area contributed by atoms with Crippen LogP contribution in [0.4, 0.5) is 11.4 Å². The molecule has 2 N–H and O–H groups in total. The Morgan fingerprint density at radius 2 is 0.955 bits per heavy atom. The lowest BCUT2D eigenvalue weighted by molar-refractivity contribution is 0.318. The number of phenolic OH excluding ortho intramolecular Hbond substituents is 2. The van der Waals surface area contributed by atoms with Crippen LogP contribution in [0, 0.1) is 0 Å². The Bertz CT molecular complexity index is 1880. The second-order valence-electron chi connectivity index (χ2n) is 10.1. The third kappa shape index (κ3) is 5.57. The summed E-state index contributed by atoms with van der Waals surface area (Å²) in [7, 11) is 0. The quantitative estimate of drug-likeness (QED) is 0.167. The number of benzene rings is 6. The third-order valence-corrected chi connectivity index (χ3v) is 7.41. The second kappa shape index (κ2) is 12.7. The molecule has 0 unspecified atom stereocenters. The average molecular weight is 581 g/mol. The molecule has 0 aromatic heterocycles. The van der Waals surface area contributed by atoms with Crippen LogP contribution in [0.25, 0.3) is 32.7 Å². The lowest BCUT2D eigenvalue weighted by Gasteiger charge is -2.16. The van der Waals surface area contributed by atoms with E-state index in [0.29, 0.717) is 35.8 Å². The van der Waals surface area contributed by atoms with E-state index in [1.54, 1.807) is 36.7 Å². The number of hydrogen-bond acceptors (Lipinski definition) is 6. The van der Waals surface area contributed by atoms with Crippen LogP contribution in [-0.4, -0.2) is 35.9 Å². The highest BCUT2D eigenvalue weighted by Gasteiger charge is 2.17. The molecule has 0 aliphatic carbocycles. The van der Waals surface area contributed by atoms with Gasteiger partial charge in [-0.1, -0.05) is 72.8 Å². The van der Waals surface area contributed by atoms with Crippen LogP contribution in [0.3, 0.4) is 0 Å². The van der Waals surface area contributed by atoms with Gasteiger partial charge in [0.05, 0.1) is 24.6 Å². The SMILES string of the molecule is CCOc1cccc(C=Nc2ccc3ccccc3c2-c2c(N=Cc3cccc(OCC)c3O)ccc3ccccc23)c1O. The molecule has 0 aliphatic rings. The normalized spacial score (nSPS) is 11.6. The van der Waals surface area contributed by atoms with Crippen molar-refractivity contribution in [2.24, 2.45) is 9.98 Å². The number of para-hydroxylation sites is 2. The molecule has 6 aromatic rings. The molecule has 0 bridgehead atoms. The summed E-state index contributed by atoms with van der Waals surface area (Å²) in [5, 5.41) is 25.8. The van der Waals surface area contributed by atoms with Gasteiger partial charge >= 0.3 is 0 Å². The summed E-state index contributed by atoms with van der Waals surface area (Å²) in [6.07, 6.45) is 3.33. The van der Waals surface area contributed by atoms with Gasteiger partial charge in [-0.2, -0.15) is 0 Å². The van der Waals surface area contributed by atoms with Crippen LogP contribution in [0.15, 0.2) is 119 Å². The summed E-state index contributed by atoms with van der Waals surface area (Å²) in [5.41, 5.74) is 4.37. The van der Waals surface area contributed by atoms with Crippen LogP contribution >= 0.6 is 0 Å². The largest absolute Gasteiger partial charge is 0.504 e. The van der Waals surface area contributed by atoms with Crippen molar-refractivity contribution in [3.63, 3.8) is 0 Å². The fraction of sp³-hybridized carbons (Fsp3) is 0.105. The highest BCUT2D eigenvalue weighted by molar-refractivity contribution is 6.13. The molecule has 0 atom stereocenters. The molecule has 0 amide bonds. The van der Waals surface area contributed by atoms with E-state index in [9.17, 15) is 10.2 Å². The summed E-state index contributed by atoms with van der Waals surface area (Å²) in [4.78, 5) is 9.86. The Labute approximate surface area is 256 Å². The number of nitrogens with zero attached hydrogens (tertiary/aromatic N) is 2. The summed E-state index contributed by atoms with van der Waals surface area (Å²) in [6.45, 7) is 4.65. The third-order valence-electron chi connectivity index (χ3n) is 7.41. The van der Waals surface area contributed by atoms with Crippen molar-refractivity contribution >= 4 is 45.3 Å². The van der Waals surface area contributed by atoms with E-state index >= 15 is 0 Å². The van der Waals surface area contributed by atoms with E-state index < -0.39 is 0 Å². The first-order valence-corrected chi connectivity index (χ1v) is 14.6. The molecule has 0 heterocycles. The molecule has 6 nitrogen and oxygen atoms in total.